The lowest BCUT2D eigenvalue weighted by molar-refractivity contribution is 0.0705. The smallest absolute Gasteiger partial charge is 0.253 e. The molecule has 2 amide bonds. The van der Waals surface area contributed by atoms with Gasteiger partial charge in [-0.05, 0) is 54.8 Å². The fourth-order valence-corrected chi connectivity index (χ4v) is 4.65. The average molecular weight is 466 g/mol. The van der Waals surface area contributed by atoms with Crippen molar-refractivity contribution in [3.05, 3.63) is 108 Å². The fourth-order valence-electron chi connectivity index (χ4n) is 4.65. The van der Waals surface area contributed by atoms with Crippen LogP contribution in [0.1, 0.15) is 50.7 Å². The molecule has 1 aliphatic rings. The van der Waals surface area contributed by atoms with Gasteiger partial charge in [0.2, 0.25) is 5.91 Å². The first-order chi connectivity index (χ1) is 17.1. The van der Waals surface area contributed by atoms with E-state index in [1.165, 1.54) is 0 Å². The highest BCUT2D eigenvalue weighted by atomic mass is 16.2. The summed E-state index contributed by atoms with van der Waals surface area (Å²) >= 11 is 0. The van der Waals surface area contributed by atoms with Crippen molar-refractivity contribution >= 4 is 11.8 Å². The van der Waals surface area contributed by atoms with Gasteiger partial charge < -0.3 is 15.2 Å². The second-order valence-electron chi connectivity index (χ2n) is 8.92. The van der Waals surface area contributed by atoms with Crippen LogP contribution in [0.15, 0.2) is 85.5 Å². The Kier molecular flexibility index (Phi) is 6.39. The minimum absolute atomic E-state index is 0.0486. The van der Waals surface area contributed by atoms with Crippen LogP contribution in [-0.4, -0.2) is 44.3 Å². The molecule has 0 saturated carbocycles. The van der Waals surface area contributed by atoms with Crippen LogP contribution in [0, 0.1) is 0 Å². The quantitative estimate of drug-likeness (QED) is 0.464. The van der Waals surface area contributed by atoms with Gasteiger partial charge in [-0.3, -0.25) is 14.6 Å². The van der Waals surface area contributed by atoms with Crippen LogP contribution in [-0.2, 0) is 6.54 Å². The van der Waals surface area contributed by atoms with Gasteiger partial charge in [-0.1, -0.05) is 30.3 Å². The van der Waals surface area contributed by atoms with E-state index in [9.17, 15) is 9.59 Å². The van der Waals surface area contributed by atoms with Crippen LogP contribution in [0.4, 0.5) is 0 Å². The summed E-state index contributed by atoms with van der Waals surface area (Å²) in [5, 5.41) is 0. The highest BCUT2D eigenvalue weighted by molar-refractivity contribution is 5.95. The van der Waals surface area contributed by atoms with Crippen molar-refractivity contribution in [2.45, 2.75) is 25.3 Å². The number of nitrogens with two attached hydrogens (primary N) is 1. The second-order valence-corrected chi connectivity index (χ2v) is 8.92. The van der Waals surface area contributed by atoms with Crippen LogP contribution in [0.5, 0.6) is 0 Å². The Labute approximate surface area is 204 Å². The van der Waals surface area contributed by atoms with E-state index in [0.29, 0.717) is 24.2 Å². The van der Waals surface area contributed by atoms with E-state index in [1.54, 1.807) is 24.7 Å². The molecule has 5 rings (SSSR count). The maximum Gasteiger partial charge on any atom is 0.253 e. The number of piperidine rings is 1. The topological polar surface area (TPSA) is 94.1 Å². The summed E-state index contributed by atoms with van der Waals surface area (Å²) < 4.78 is 1.98. The molecule has 4 aromatic rings. The van der Waals surface area contributed by atoms with Crippen molar-refractivity contribution in [3.63, 3.8) is 0 Å². The molecule has 1 aliphatic heterocycles. The van der Waals surface area contributed by atoms with Crippen molar-refractivity contribution in [1.82, 2.24) is 19.4 Å². The number of hydrogen-bond acceptors (Lipinski definition) is 4. The average Bonchev–Trinajstić information content (AvgIpc) is 3.42. The summed E-state index contributed by atoms with van der Waals surface area (Å²) in [5.41, 5.74) is 10.3. The third-order valence-corrected chi connectivity index (χ3v) is 6.44. The van der Waals surface area contributed by atoms with Crippen molar-refractivity contribution in [3.8, 4) is 11.3 Å². The molecule has 0 unspecified atom stereocenters. The van der Waals surface area contributed by atoms with Crippen LogP contribution in [0.2, 0.25) is 0 Å². The lowest BCUT2D eigenvalue weighted by Gasteiger charge is -2.33. The molecular weight excluding hydrogens is 438 g/mol. The third kappa shape index (κ3) is 5.14. The van der Waals surface area contributed by atoms with E-state index in [2.05, 4.69) is 4.98 Å². The van der Waals surface area contributed by atoms with Crippen LogP contribution >= 0.6 is 0 Å². The number of nitrogens with zero attached hydrogens (tertiary/aromatic N) is 4. The molecule has 0 spiro atoms. The Morgan fingerprint density at radius 1 is 1.00 bits per heavy atom. The molecule has 3 heterocycles. The Morgan fingerprint density at radius 3 is 2.66 bits per heavy atom. The number of hydrogen-bond donors (Lipinski definition) is 1. The highest BCUT2D eigenvalue weighted by Gasteiger charge is 2.26. The van der Waals surface area contributed by atoms with E-state index in [-0.39, 0.29) is 11.8 Å². The Bertz CT molecular complexity index is 1350. The van der Waals surface area contributed by atoms with Gasteiger partial charge in [0.1, 0.15) is 0 Å². The number of aromatic nitrogens is 3. The first-order valence-electron chi connectivity index (χ1n) is 11.8. The van der Waals surface area contributed by atoms with Gasteiger partial charge in [-0.25, -0.2) is 4.98 Å². The first-order valence-corrected chi connectivity index (χ1v) is 11.8. The SMILES string of the molecule is NC(=O)c1cccc(-c2cccc([C@@H]3CCCN(C(=O)c4cccc(Cn5ccnc5)c4)C3)n2)c1. The largest absolute Gasteiger partial charge is 0.366 e. The maximum atomic E-state index is 13.4. The van der Waals surface area contributed by atoms with Crippen molar-refractivity contribution in [1.29, 1.82) is 0 Å². The van der Waals surface area contributed by atoms with E-state index in [4.69, 9.17) is 10.7 Å². The van der Waals surface area contributed by atoms with Gasteiger partial charge in [-0.15, -0.1) is 0 Å². The molecule has 2 aromatic heterocycles. The standard InChI is InChI=1S/C28H27N5O2/c29-27(34)22-7-2-6-21(16-22)25-10-3-11-26(31-25)24-9-4-13-33(18-24)28(35)23-8-1-5-20(15-23)17-32-14-12-30-19-32/h1-3,5-8,10-12,14-16,19,24H,4,9,13,17-18H2,(H2,29,34)/t24-/m1/s1. The molecule has 0 radical (unpaired) electrons. The number of carbonyl (C=O) groups is 2. The van der Waals surface area contributed by atoms with Gasteiger partial charge in [0.25, 0.3) is 5.91 Å². The van der Waals surface area contributed by atoms with Crippen molar-refractivity contribution in [2.24, 2.45) is 5.73 Å². The minimum Gasteiger partial charge on any atom is -0.366 e. The molecule has 176 valence electrons. The summed E-state index contributed by atoms with van der Waals surface area (Å²) in [6.45, 7) is 2.04. The second kappa shape index (κ2) is 9.93. The van der Waals surface area contributed by atoms with Crippen molar-refractivity contribution < 1.29 is 9.59 Å². The summed E-state index contributed by atoms with van der Waals surface area (Å²) in [5.74, 6) is -0.257. The Balaban J connectivity index is 1.32. The molecule has 2 aromatic carbocycles. The number of imidazole rings is 1. The molecule has 7 heteroatoms. The Hall–Kier alpha value is -4.26. The summed E-state index contributed by atoms with van der Waals surface area (Å²) in [4.78, 5) is 35.9. The van der Waals surface area contributed by atoms with Gasteiger partial charge >= 0.3 is 0 Å². The molecule has 35 heavy (non-hydrogen) atoms. The molecule has 7 nitrogen and oxygen atoms in total. The minimum atomic E-state index is -0.460. The summed E-state index contributed by atoms with van der Waals surface area (Å²) in [6.07, 6.45) is 7.33. The predicted octanol–water partition coefficient (Wildman–Crippen LogP) is 4.11. The van der Waals surface area contributed by atoms with Crippen LogP contribution in [0.25, 0.3) is 11.3 Å². The van der Waals surface area contributed by atoms with E-state index in [1.807, 2.05) is 70.3 Å². The zero-order valence-corrected chi connectivity index (χ0v) is 19.4. The van der Waals surface area contributed by atoms with E-state index >= 15 is 0 Å². The van der Waals surface area contributed by atoms with Crippen LogP contribution in [0.3, 0.4) is 0 Å². The molecule has 2 N–H and O–H groups in total. The number of benzene rings is 2. The zero-order chi connectivity index (χ0) is 24.2. The van der Waals surface area contributed by atoms with Gasteiger partial charge in [0, 0.05) is 60.3 Å². The number of amides is 2. The number of likely N-dealkylation sites (tertiary alicyclic amines) is 1. The molecule has 0 aliphatic carbocycles. The number of pyridine rings is 1. The molecule has 1 fully saturated rings. The number of primary amides is 1. The molecule has 1 atom stereocenters. The normalized spacial score (nSPS) is 15.7. The predicted molar refractivity (Wildman–Crippen MR) is 134 cm³/mol. The van der Waals surface area contributed by atoms with Crippen molar-refractivity contribution in [2.75, 3.05) is 13.1 Å². The fraction of sp³-hybridized carbons (Fsp3) is 0.214. The molecule has 1 saturated heterocycles. The summed E-state index contributed by atoms with van der Waals surface area (Å²) in [7, 11) is 0. The number of rotatable bonds is 6. The van der Waals surface area contributed by atoms with Gasteiger partial charge in [-0.2, -0.15) is 0 Å². The van der Waals surface area contributed by atoms with Gasteiger partial charge in [0.15, 0.2) is 0 Å². The third-order valence-electron chi connectivity index (χ3n) is 6.44. The van der Waals surface area contributed by atoms with Crippen LogP contribution < -0.4 is 5.73 Å². The first kappa shape index (κ1) is 22.5. The van der Waals surface area contributed by atoms with E-state index in [0.717, 1.165) is 41.9 Å². The lowest BCUT2D eigenvalue weighted by atomic mass is 9.93. The number of carbonyl (C=O) groups excluding carboxylic acids is 2. The lowest BCUT2D eigenvalue weighted by Crippen LogP contribution is -2.39. The highest BCUT2D eigenvalue weighted by Crippen LogP contribution is 2.29. The molecule has 0 bridgehead atoms. The van der Waals surface area contributed by atoms with E-state index < -0.39 is 5.91 Å². The maximum absolute atomic E-state index is 13.4. The Morgan fingerprint density at radius 2 is 1.83 bits per heavy atom. The molecular formula is C28H27N5O2. The monoisotopic (exact) mass is 465 g/mol. The van der Waals surface area contributed by atoms with Gasteiger partial charge in [0.05, 0.1) is 12.0 Å². The summed E-state index contributed by atoms with van der Waals surface area (Å²) in [6, 6.07) is 20.9. The zero-order valence-electron chi connectivity index (χ0n) is 19.4.